The summed E-state index contributed by atoms with van der Waals surface area (Å²) in [6.07, 6.45) is 6.93. The highest BCUT2D eigenvalue weighted by molar-refractivity contribution is 6.06. The van der Waals surface area contributed by atoms with Crippen molar-refractivity contribution in [1.29, 1.82) is 10.8 Å². The van der Waals surface area contributed by atoms with Crippen LogP contribution in [0.25, 0.3) is 0 Å². The van der Waals surface area contributed by atoms with Crippen LogP contribution < -0.4 is 0 Å². The van der Waals surface area contributed by atoms with Crippen molar-refractivity contribution in [3.63, 3.8) is 0 Å². The van der Waals surface area contributed by atoms with Crippen LogP contribution in [0.2, 0.25) is 0 Å². The highest BCUT2D eigenvalue weighted by Crippen LogP contribution is 2.24. The number of hydrogen-bond donors (Lipinski definition) is 2. The Hall–Kier alpha value is -0.920. The van der Waals surface area contributed by atoms with Gasteiger partial charge in [0.05, 0.1) is 0 Å². The van der Waals surface area contributed by atoms with Crippen LogP contribution in [0.1, 0.15) is 80.1 Å². The molecular weight excluding hydrogens is 220 g/mol. The lowest BCUT2D eigenvalue weighted by Gasteiger charge is -2.17. The molecule has 2 heteroatoms. The monoisotopic (exact) mass is 252 g/mol. The summed E-state index contributed by atoms with van der Waals surface area (Å²) in [5, 5.41) is 15.5. The molecule has 0 saturated heterocycles. The highest BCUT2D eigenvalue weighted by atomic mass is 14.4. The van der Waals surface area contributed by atoms with Crippen molar-refractivity contribution in [3.8, 4) is 0 Å². The van der Waals surface area contributed by atoms with Gasteiger partial charge >= 0.3 is 0 Å². The molecule has 0 atom stereocenters. The third kappa shape index (κ3) is 7.41. The molecule has 0 radical (unpaired) electrons. The van der Waals surface area contributed by atoms with Crippen molar-refractivity contribution >= 4 is 11.4 Å². The molecule has 18 heavy (non-hydrogen) atoms. The third-order valence-electron chi connectivity index (χ3n) is 2.87. The molecule has 0 aliphatic heterocycles. The Balaban J connectivity index is 0. The summed E-state index contributed by atoms with van der Waals surface area (Å²) in [6.45, 7) is 11.7. The van der Waals surface area contributed by atoms with Gasteiger partial charge in [-0.25, -0.2) is 0 Å². The van der Waals surface area contributed by atoms with Gasteiger partial charge in [-0.1, -0.05) is 40.5 Å². The maximum Gasteiger partial charge on any atom is 0.0318 e. The van der Waals surface area contributed by atoms with Gasteiger partial charge in [0.1, 0.15) is 0 Å². The summed E-state index contributed by atoms with van der Waals surface area (Å²) in [5.74, 6) is 0. The van der Waals surface area contributed by atoms with Crippen molar-refractivity contribution in [2.75, 3.05) is 0 Å². The Kier molecular flexibility index (Phi) is 13.5. The molecule has 0 saturated carbocycles. The van der Waals surface area contributed by atoms with Gasteiger partial charge in [-0.3, -0.25) is 0 Å². The molecule has 2 nitrogen and oxygen atoms in total. The summed E-state index contributed by atoms with van der Waals surface area (Å²) in [4.78, 5) is 0. The number of rotatable bonds is 2. The fraction of sp³-hybridized carbons (Fsp3) is 0.750. The molecule has 0 unspecified atom stereocenters. The number of hydrogen-bond acceptors (Lipinski definition) is 2. The van der Waals surface area contributed by atoms with Gasteiger partial charge in [0.2, 0.25) is 0 Å². The largest absolute Gasteiger partial charge is 0.305 e. The van der Waals surface area contributed by atoms with Crippen LogP contribution in [0.5, 0.6) is 0 Å². The van der Waals surface area contributed by atoms with E-state index in [-0.39, 0.29) is 0 Å². The first-order valence-electron chi connectivity index (χ1n) is 7.46. The van der Waals surface area contributed by atoms with Crippen LogP contribution in [0.4, 0.5) is 0 Å². The Morgan fingerprint density at radius 1 is 0.667 bits per heavy atom. The normalized spacial score (nSPS) is 19.2. The minimum atomic E-state index is 0.661. The predicted molar refractivity (Wildman–Crippen MR) is 84.2 cm³/mol. The molecule has 1 aliphatic carbocycles. The van der Waals surface area contributed by atoms with Gasteiger partial charge in [0, 0.05) is 11.4 Å². The Labute approximate surface area is 114 Å². The van der Waals surface area contributed by atoms with E-state index in [4.69, 9.17) is 10.8 Å². The summed E-state index contributed by atoms with van der Waals surface area (Å²) in [7, 11) is 0. The summed E-state index contributed by atoms with van der Waals surface area (Å²) >= 11 is 0. The maximum atomic E-state index is 7.73. The fourth-order valence-corrected chi connectivity index (χ4v) is 2.09. The lowest BCUT2D eigenvalue weighted by atomic mass is 9.89. The Morgan fingerprint density at radius 3 is 1.17 bits per heavy atom. The molecule has 106 valence electrons. The third-order valence-corrected chi connectivity index (χ3v) is 2.87. The molecular formula is C16H32N2. The van der Waals surface area contributed by atoms with Crippen molar-refractivity contribution in [2.24, 2.45) is 0 Å². The molecule has 0 aromatic rings. The fourth-order valence-electron chi connectivity index (χ4n) is 2.09. The van der Waals surface area contributed by atoms with Crippen molar-refractivity contribution in [2.45, 2.75) is 80.1 Å². The van der Waals surface area contributed by atoms with Crippen LogP contribution in [0.3, 0.4) is 0 Å². The van der Waals surface area contributed by atoms with E-state index in [1.165, 1.54) is 25.7 Å². The Bertz CT molecular complexity index is 247. The van der Waals surface area contributed by atoms with Gasteiger partial charge in [0.15, 0.2) is 0 Å². The van der Waals surface area contributed by atoms with Gasteiger partial charge in [-0.2, -0.15) is 0 Å². The lowest BCUT2D eigenvalue weighted by Crippen LogP contribution is -2.09. The topological polar surface area (TPSA) is 47.7 Å². The second-order valence-electron chi connectivity index (χ2n) is 4.12. The number of nitrogens with one attached hydrogen (secondary N) is 2. The molecule has 0 heterocycles. The van der Waals surface area contributed by atoms with E-state index in [0.717, 1.165) is 24.0 Å². The average molecular weight is 252 g/mol. The van der Waals surface area contributed by atoms with Crippen molar-refractivity contribution in [3.05, 3.63) is 11.1 Å². The molecule has 0 aromatic carbocycles. The van der Waals surface area contributed by atoms with Gasteiger partial charge in [-0.15, -0.1) is 0 Å². The van der Waals surface area contributed by atoms with Gasteiger partial charge in [-0.05, 0) is 50.7 Å². The van der Waals surface area contributed by atoms with E-state index in [9.17, 15) is 0 Å². The molecule has 0 fully saturated rings. The molecule has 0 spiro atoms. The summed E-state index contributed by atoms with van der Waals surface area (Å²) in [6, 6.07) is 0. The first-order valence-corrected chi connectivity index (χ1v) is 7.46. The standard InChI is InChI=1S/C12H20N2.2C2H6/c1-9(13)11-7-5-3-4-6-8-12(11)10(2)14;2*1-2/h13-14H,3-8H2,1-2H3;2*1-2H3/b12-11-,13-9?,14-10?;;. The van der Waals surface area contributed by atoms with E-state index in [1.54, 1.807) is 0 Å². The molecule has 2 N–H and O–H groups in total. The average Bonchev–Trinajstić information content (AvgIpc) is 2.33. The van der Waals surface area contributed by atoms with Crippen molar-refractivity contribution < 1.29 is 0 Å². The molecule has 0 amide bonds. The van der Waals surface area contributed by atoms with Crippen LogP contribution >= 0.6 is 0 Å². The van der Waals surface area contributed by atoms with E-state index >= 15 is 0 Å². The first kappa shape index (κ1) is 19.4. The second-order valence-corrected chi connectivity index (χ2v) is 4.12. The number of allylic oxidation sites excluding steroid dienone is 2. The first-order chi connectivity index (χ1) is 8.63. The van der Waals surface area contributed by atoms with E-state index in [0.29, 0.717) is 11.4 Å². The predicted octanol–water partition coefficient (Wildman–Crippen LogP) is 5.77. The van der Waals surface area contributed by atoms with E-state index in [1.807, 2.05) is 41.5 Å². The SMILES string of the molecule is CC.CC.CC(=N)/C1=C(\C(C)=N)CCCCCC1. The van der Waals surface area contributed by atoms with Gasteiger partial charge < -0.3 is 10.8 Å². The quantitative estimate of drug-likeness (QED) is 0.586. The lowest BCUT2D eigenvalue weighted by molar-refractivity contribution is 0.625. The van der Waals surface area contributed by atoms with E-state index < -0.39 is 0 Å². The zero-order chi connectivity index (χ0) is 14.6. The maximum absolute atomic E-state index is 7.73. The second kappa shape index (κ2) is 12.5. The van der Waals surface area contributed by atoms with Crippen LogP contribution in [0, 0.1) is 10.8 Å². The van der Waals surface area contributed by atoms with Crippen molar-refractivity contribution in [1.82, 2.24) is 0 Å². The van der Waals surface area contributed by atoms with Gasteiger partial charge in [0.25, 0.3) is 0 Å². The van der Waals surface area contributed by atoms with Crippen LogP contribution in [0.15, 0.2) is 11.1 Å². The highest BCUT2D eigenvalue weighted by Gasteiger charge is 2.13. The Morgan fingerprint density at radius 2 is 0.944 bits per heavy atom. The minimum Gasteiger partial charge on any atom is -0.305 e. The van der Waals surface area contributed by atoms with Crippen LogP contribution in [-0.4, -0.2) is 11.4 Å². The summed E-state index contributed by atoms with van der Waals surface area (Å²) < 4.78 is 0. The summed E-state index contributed by atoms with van der Waals surface area (Å²) in [5.41, 5.74) is 3.59. The molecule has 1 aliphatic rings. The zero-order valence-corrected chi connectivity index (χ0v) is 13.2. The smallest absolute Gasteiger partial charge is 0.0318 e. The molecule has 1 rings (SSSR count). The minimum absolute atomic E-state index is 0.661. The molecule has 0 bridgehead atoms. The van der Waals surface area contributed by atoms with E-state index in [2.05, 4.69) is 0 Å². The van der Waals surface area contributed by atoms with Crippen LogP contribution in [-0.2, 0) is 0 Å². The zero-order valence-electron chi connectivity index (χ0n) is 13.2. The molecule has 0 aromatic heterocycles.